The monoisotopic (exact) mass is 246 g/mol. The molecule has 6 heteroatoms. The summed E-state index contributed by atoms with van der Waals surface area (Å²) < 4.78 is 52.0. The van der Waals surface area contributed by atoms with Crippen molar-refractivity contribution in [2.45, 2.75) is 25.8 Å². The van der Waals surface area contributed by atoms with Gasteiger partial charge in [-0.05, 0) is 6.42 Å². The first-order chi connectivity index (χ1) is 8.01. The maximum absolute atomic E-state index is 13.2. The number of nitrogens with one attached hydrogen (secondary N) is 1. The number of nitrogens with zero attached hydrogens (tertiary/aromatic N) is 1. The molecule has 0 bridgehead atoms. The zero-order chi connectivity index (χ0) is 13.0. The molecule has 1 unspecified atom stereocenters. The van der Waals surface area contributed by atoms with Crippen molar-refractivity contribution in [2.75, 3.05) is 5.32 Å². The van der Waals surface area contributed by atoms with Gasteiger partial charge in [0.2, 0.25) is 11.6 Å². The van der Waals surface area contributed by atoms with E-state index >= 15 is 0 Å². The highest BCUT2D eigenvalue weighted by atomic mass is 19.2. The van der Waals surface area contributed by atoms with E-state index in [-0.39, 0.29) is 0 Å². The predicted molar refractivity (Wildman–Crippen MR) is 55.2 cm³/mol. The van der Waals surface area contributed by atoms with Crippen molar-refractivity contribution >= 4 is 5.69 Å². The van der Waals surface area contributed by atoms with E-state index in [0.717, 1.165) is 0 Å². The molecule has 0 saturated carbocycles. The maximum atomic E-state index is 13.2. The van der Waals surface area contributed by atoms with E-state index in [9.17, 15) is 17.6 Å². The van der Waals surface area contributed by atoms with Crippen molar-refractivity contribution in [3.8, 4) is 12.3 Å². The molecule has 0 aliphatic rings. The Morgan fingerprint density at radius 3 is 2.18 bits per heavy atom. The highest BCUT2D eigenvalue weighted by Crippen LogP contribution is 2.23. The van der Waals surface area contributed by atoms with Gasteiger partial charge in [-0.2, -0.15) is 22.5 Å². The molecule has 1 heterocycles. The van der Waals surface area contributed by atoms with E-state index in [1.807, 2.05) is 6.92 Å². The highest BCUT2D eigenvalue weighted by molar-refractivity contribution is 5.47. The molecule has 1 atom stereocenters. The van der Waals surface area contributed by atoms with E-state index < -0.39 is 35.3 Å². The molecule has 92 valence electrons. The van der Waals surface area contributed by atoms with Gasteiger partial charge in [0.05, 0.1) is 6.04 Å². The molecule has 0 aliphatic heterocycles. The van der Waals surface area contributed by atoms with Gasteiger partial charge in [0.1, 0.15) is 5.69 Å². The fourth-order valence-electron chi connectivity index (χ4n) is 1.27. The maximum Gasteiger partial charge on any atom is 0.253 e. The van der Waals surface area contributed by atoms with Crippen molar-refractivity contribution in [1.82, 2.24) is 4.98 Å². The molecule has 0 radical (unpaired) electrons. The van der Waals surface area contributed by atoms with E-state index in [1.54, 1.807) is 0 Å². The molecule has 0 saturated heterocycles. The normalized spacial score (nSPS) is 12.0. The second kappa shape index (κ2) is 5.53. The van der Waals surface area contributed by atoms with Gasteiger partial charge in [-0.3, -0.25) is 0 Å². The quantitative estimate of drug-likeness (QED) is 0.502. The number of rotatable bonds is 4. The summed E-state index contributed by atoms with van der Waals surface area (Å²) in [6, 6.07) is -0.704. The molecule has 17 heavy (non-hydrogen) atoms. The number of halogens is 4. The van der Waals surface area contributed by atoms with Crippen LogP contribution in [0.4, 0.5) is 23.2 Å². The lowest BCUT2D eigenvalue weighted by atomic mass is 10.1. The first kappa shape index (κ1) is 13.3. The van der Waals surface area contributed by atoms with Crippen LogP contribution in [0.2, 0.25) is 0 Å². The fourth-order valence-corrected chi connectivity index (χ4v) is 1.27. The number of aromatic nitrogens is 1. The van der Waals surface area contributed by atoms with Gasteiger partial charge in [0.15, 0.2) is 0 Å². The third-order valence-electron chi connectivity index (χ3n) is 2.09. The van der Waals surface area contributed by atoms with Crippen LogP contribution in [-0.2, 0) is 0 Å². The predicted octanol–water partition coefficient (Wildman–Crippen LogP) is 2.85. The Bertz CT molecular complexity index is 428. The van der Waals surface area contributed by atoms with Crippen LogP contribution in [0.5, 0.6) is 0 Å². The molecule has 1 N–H and O–H groups in total. The molecule has 0 fully saturated rings. The van der Waals surface area contributed by atoms with E-state index in [4.69, 9.17) is 6.42 Å². The second-order valence-corrected chi connectivity index (χ2v) is 3.35. The van der Waals surface area contributed by atoms with Crippen LogP contribution >= 0.6 is 0 Å². The average molecular weight is 246 g/mol. The SMILES string of the molecule is C#CC(CCC)Nc1c(F)c(F)nc(F)c1F. The molecule has 2 nitrogen and oxygen atoms in total. The van der Waals surface area contributed by atoms with E-state index in [2.05, 4.69) is 16.2 Å². The summed E-state index contributed by atoms with van der Waals surface area (Å²) in [6.07, 6.45) is 6.19. The van der Waals surface area contributed by atoms with Crippen LogP contribution in [0.3, 0.4) is 0 Å². The van der Waals surface area contributed by atoms with Crippen LogP contribution < -0.4 is 5.32 Å². The van der Waals surface area contributed by atoms with Crippen molar-refractivity contribution < 1.29 is 17.6 Å². The van der Waals surface area contributed by atoms with Crippen molar-refractivity contribution in [2.24, 2.45) is 0 Å². The van der Waals surface area contributed by atoms with Crippen LogP contribution in [0.15, 0.2) is 0 Å². The Balaban J connectivity index is 3.09. The lowest BCUT2D eigenvalue weighted by molar-refractivity contribution is 0.410. The largest absolute Gasteiger partial charge is 0.367 e. The van der Waals surface area contributed by atoms with Gasteiger partial charge in [-0.1, -0.05) is 19.3 Å². The van der Waals surface area contributed by atoms with Crippen LogP contribution in [0.1, 0.15) is 19.8 Å². The van der Waals surface area contributed by atoms with Gasteiger partial charge < -0.3 is 5.32 Å². The van der Waals surface area contributed by atoms with Crippen LogP contribution in [0, 0.1) is 35.9 Å². The standard InChI is InChI=1S/C11H10F4N2/c1-3-5-6(4-2)16-9-7(12)10(14)17-11(15)8(9)13/h2,6H,3,5H2,1H3,(H,16,17). The molecular weight excluding hydrogens is 236 g/mol. The minimum Gasteiger partial charge on any atom is -0.367 e. The third-order valence-corrected chi connectivity index (χ3v) is 2.09. The van der Waals surface area contributed by atoms with Crippen LogP contribution in [0.25, 0.3) is 0 Å². The van der Waals surface area contributed by atoms with E-state index in [0.29, 0.717) is 12.8 Å². The van der Waals surface area contributed by atoms with Crippen LogP contribution in [-0.4, -0.2) is 11.0 Å². The summed E-state index contributed by atoms with van der Waals surface area (Å²) in [5.74, 6) is -4.35. The number of anilines is 1. The molecule has 1 aromatic rings. The summed E-state index contributed by atoms with van der Waals surface area (Å²) in [6.45, 7) is 1.81. The zero-order valence-corrected chi connectivity index (χ0v) is 9.03. The lowest BCUT2D eigenvalue weighted by Crippen LogP contribution is -2.20. The lowest BCUT2D eigenvalue weighted by Gasteiger charge is -2.14. The number of terminal acetylenes is 1. The van der Waals surface area contributed by atoms with Gasteiger partial charge in [0.25, 0.3) is 11.9 Å². The van der Waals surface area contributed by atoms with Gasteiger partial charge in [0, 0.05) is 0 Å². The summed E-state index contributed by atoms with van der Waals surface area (Å²) in [4.78, 5) is 2.44. The molecular formula is C11H10F4N2. The van der Waals surface area contributed by atoms with Crippen molar-refractivity contribution in [3.63, 3.8) is 0 Å². The minimum absolute atomic E-state index is 0.418. The number of hydrogen-bond donors (Lipinski definition) is 1. The number of hydrogen-bond acceptors (Lipinski definition) is 2. The van der Waals surface area contributed by atoms with Crippen molar-refractivity contribution in [1.29, 1.82) is 0 Å². The zero-order valence-electron chi connectivity index (χ0n) is 9.03. The van der Waals surface area contributed by atoms with E-state index in [1.165, 1.54) is 0 Å². The van der Waals surface area contributed by atoms with Crippen molar-refractivity contribution in [3.05, 3.63) is 23.5 Å². The molecule has 0 spiro atoms. The first-order valence-corrected chi connectivity index (χ1v) is 4.93. The summed E-state index contributed by atoms with van der Waals surface area (Å²) >= 11 is 0. The topological polar surface area (TPSA) is 24.9 Å². The Morgan fingerprint density at radius 2 is 1.76 bits per heavy atom. The molecule has 1 aromatic heterocycles. The fraction of sp³-hybridized carbons (Fsp3) is 0.364. The Hall–Kier alpha value is -1.77. The summed E-state index contributed by atoms with van der Waals surface area (Å²) in [7, 11) is 0. The molecule has 1 rings (SSSR count). The Labute approximate surface area is 96.1 Å². The molecule has 0 aromatic carbocycles. The average Bonchev–Trinajstić information content (AvgIpc) is 2.30. The summed E-state index contributed by atoms with van der Waals surface area (Å²) in [5, 5.41) is 2.24. The Kier molecular flexibility index (Phi) is 4.32. The highest BCUT2D eigenvalue weighted by Gasteiger charge is 2.22. The second-order valence-electron chi connectivity index (χ2n) is 3.35. The molecule has 0 amide bonds. The third kappa shape index (κ3) is 2.87. The molecule has 0 aliphatic carbocycles. The number of pyridine rings is 1. The van der Waals surface area contributed by atoms with Gasteiger partial charge in [-0.25, -0.2) is 0 Å². The minimum atomic E-state index is -1.71. The Morgan fingerprint density at radius 1 is 1.24 bits per heavy atom. The summed E-state index contributed by atoms with van der Waals surface area (Å²) in [5.41, 5.74) is -0.925. The van der Waals surface area contributed by atoms with Gasteiger partial charge in [-0.15, -0.1) is 6.42 Å². The van der Waals surface area contributed by atoms with Gasteiger partial charge >= 0.3 is 0 Å². The smallest absolute Gasteiger partial charge is 0.253 e. The first-order valence-electron chi connectivity index (χ1n) is 4.93.